The second-order valence-corrected chi connectivity index (χ2v) is 6.76. The van der Waals surface area contributed by atoms with E-state index in [1.807, 2.05) is 19.1 Å². The van der Waals surface area contributed by atoms with Gasteiger partial charge in [0.2, 0.25) is 5.75 Å². The van der Waals surface area contributed by atoms with Crippen LogP contribution < -0.4 is 24.8 Å². The SMILES string of the molecule is CCNC(=NCc1cc(OC)c(OC)c(OC)c1)NCc1ccc2ccccc2c1.I. The van der Waals surface area contributed by atoms with Crippen molar-refractivity contribution in [3.05, 3.63) is 65.7 Å². The third-order valence-corrected chi connectivity index (χ3v) is 4.76. The van der Waals surface area contributed by atoms with E-state index in [0.29, 0.717) is 30.3 Å². The van der Waals surface area contributed by atoms with Crippen LogP contribution in [0.5, 0.6) is 17.2 Å². The topological polar surface area (TPSA) is 64.1 Å². The number of aliphatic imine (C=N–C) groups is 1. The van der Waals surface area contributed by atoms with Crippen LogP contribution in [0.4, 0.5) is 0 Å². The molecule has 0 amide bonds. The highest BCUT2D eigenvalue weighted by Crippen LogP contribution is 2.38. The van der Waals surface area contributed by atoms with Gasteiger partial charge in [0.05, 0.1) is 27.9 Å². The molecule has 3 aromatic rings. The predicted octanol–water partition coefficient (Wildman–Crippen LogP) is 4.74. The summed E-state index contributed by atoms with van der Waals surface area (Å²) in [4.78, 5) is 4.71. The third kappa shape index (κ3) is 6.40. The van der Waals surface area contributed by atoms with Crippen LogP contribution in [0.1, 0.15) is 18.1 Å². The van der Waals surface area contributed by atoms with Crippen molar-refractivity contribution in [2.45, 2.75) is 20.0 Å². The molecule has 0 heterocycles. The van der Waals surface area contributed by atoms with Crippen molar-refractivity contribution in [3.8, 4) is 17.2 Å². The first kappa shape index (κ1) is 24.6. The van der Waals surface area contributed by atoms with Crippen LogP contribution in [0, 0.1) is 0 Å². The third-order valence-electron chi connectivity index (χ3n) is 4.76. The molecule has 7 heteroatoms. The molecule has 166 valence electrons. The molecular weight excluding hydrogens is 505 g/mol. The Morgan fingerprint density at radius 1 is 0.806 bits per heavy atom. The maximum atomic E-state index is 5.43. The molecule has 3 aromatic carbocycles. The van der Waals surface area contributed by atoms with Crippen LogP contribution in [0.3, 0.4) is 0 Å². The number of nitrogens with zero attached hydrogens (tertiary/aromatic N) is 1. The average molecular weight is 535 g/mol. The molecule has 0 spiro atoms. The van der Waals surface area contributed by atoms with E-state index >= 15 is 0 Å². The number of methoxy groups -OCH3 is 3. The normalized spacial score (nSPS) is 10.9. The highest BCUT2D eigenvalue weighted by Gasteiger charge is 2.13. The fourth-order valence-corrected chi connectivity index (χ4v) is 3.27. The minimum atomic E-state index is 0. The number of halogens is 1. The first-order valence-corrected chi connectivity index (χ1v) is 9.97. The van der Waals surface area contributed by atoms with Crippen molar-refractivity contribution < 1.29 is 14.2 Å². The number of fused-ring (bicyclic) bond motifs is 1. The second kappa shape index (κ2) is 12.2. The van der Waals surface area contributed by atoms with Gasteiger partial charge < -0.3 is 24.8 Å². The van der Waals surface area contributed by atoms with Gasteiger partial charge in [-0.05, 0) is 47.0 Å². The van der Waals surface area contributed by atoms with Crippen LogP contribution in [0.15, 0.2) is 59.6 Å². The van der Waals surface area contributed by atoms with Gasteiger partial charge in [-0.3, -0.25) is 0 Å². The molecule has 0 aliphatic carbocycles. The molecule has 0 aliphatic rings. The Morgan fingerprint density at radius 2 is 1.48 bits per heavy atom. The molecule has 31 heavy (non-hydrogen) atoms. The summed E-state index contributed by atoms with van der Waals surface area (Å²) in [5.41, 5.74) is 2.17. The van der Waals surface area contributed by atoms with Crippen LogP contribution >= 0.6 is 24.0 Å². The molecular formula is C24H30IN3O3. The zero-order valence-corrected chi connectivity index (χ0v) is 20.7. The summed E-state index contributed by atoms with van der Waals surface area (Å²) in [5.74, 6) is 2.57. The van der Waals surface area contributed by atoms with Gasteiger partial charge in [0, 0.05) is 13.1 Å². The molecule has 0 atom stereocenters. The van der Waals surface area contributed by atoms with Crippen molar-refractivity contribution in [3.63, 3.8) is 0 Å². The van der Waals surface area contributed by atoms with Crippen molar-refractivity contribution >= 4 is 40.7 Å². The smallest absolute Gasteiger partial charge is 0.203 e. The lowest BCUT2D eigenvalue weighted by Gasteiger charge is -2.14. The lowest BCUT2D eigenvalue weighted by Crippen LogP contribution is -2.36. The van der Waals surface area contributed by atoms with Gasteiger partial charge in [-0.2, -0.15) is 0 Å². The monoisotopic (exact) mass is 535 g/mol. The molecule has 3 rings (SSSR count). The van der Waals surface area contributed by atoms with Crippen molar-refractivity contribution in [1.29, 1.82) is 0 Å². The lowest BCUT2D eigenvalue weighted by atomic mass is 10.1. The quantitative estimate of drug-likeness (QED) is 0.248. The Hall–Kier alpha value is -2.68. The van der Waals surface area contributed by atoms with Gasteiger partial charge in [-0.1, -0.05) is 36.4 Å². The average Bonchev–Trinajstić information content (AvgIpc) is 2.79. The summed E-state index contributed by atoms with van der Waals surface area (Å²) < 4.78 is 16.2. The summed E-state index contributed by atoms with van der Waals surface area (Å²) in [6.45, 7) is 3.99. The summed E-state index contributed by atoms with van der Waals surface area (Å²) in [7, 11) is 4.82. The predicted molar refractivity (Wildman–Crippen MR) is 137 cm³/mol. The van der Waals surface area contributed by atoms with Gasteiger partial charge in [0.1, 0.15) is 0 Å². The summed E-state index contributed by atoms with van der Waals surface area (Å²) in [6, 6.07) is 18.7. The van der Waals surface area contributed by atoms with E-state index in [-0.39, 0.29) is 24.0 Å². The first-order chi connectivity index (χ1) is 14.7. The summed E-state index contributed by atoms with van der Waals surface area (Å²) in [6.07, 6.45) is 0. The molecule has 6 nitrogen and oxygen atoms in total. The zero-order chi connectivity index (χ0) is 21.3. The van der Waals surface area contributed by atoms with E-state index < -0.39 is 0 Å². The zero-order valence-electron chi connectivity index (χ0n) is 18.4. The molecule has 2 N–H and O–H groups in total. The molecule has 0 radical (unpaired) electrons. The minimum absolute atomic E-state index is 0. The number of ether oxygens (including phenoxy) is 3. The highest BCUT2D eigenvalue weighted by atomic mass is 127. The minimum Gasteiger partial charge on any atom is -0.493 e. The maximum absolute atomic E-state index is 5.43. The molecule has 0 saturated heterocycles. The van der Waals surface area contributed by atoms with Crippen LogP contribution in [0.2, 0.25) is 0 Å². The van der Waals surface area contributed by atoms with Gasteiger partial charge in [-0.15, -0.1) is 24.0 Å². The van der Waals surface area contributed by atoms with E-state index in [4.69, 9.17) is 19.2 Å². The number of guanidine groups is 1. The van der Waals surface area contributed by atoms with Gasteiger partial charge in [-0.25, -0.2) is 4.99 Å². The van der Waals surface area contributed by atoms with E-state index in [1.165, 1.54) is 16.3 Å². The molecule has 0 fully saturated rings. The van der Waals surface area contributed by atoms with Gasteiger partial charge >= 0.3 is 0 Å². The fourth-order valence-electron chi connectivity index (χ4n) is 3.27. The first-order valence-electron chi connectivity index (χ1n) is 9.97. The van der Waals surface area contributed by atoms with Gasteiger partial charge in [0.25, 0.3) is 0 Å². The Labute approximate surface area is 201 Å². The van der Waals surface area contributed by atoms with E-state index in [1.54, 1.807) is 21.3 Å². The number of hydrogen-bond acceptors (Lipinski definition) is 4. The van der Waals surface area contributed by atoms with Crippen molar-refractivity contribution in [2.75, 3.05) is 27.9 Å². The van der Waals surface area contributed by atoms with E-state index in [2.05, 4.69) is 53.1 Å². The molecule has 0 saturated carbocycles. The number of nitrogens with one attached hydrogen (secondary N) is 2. The van der Waals surface area contributed by atoms with Crippen LogP contribution in [0.25, 0.3) is 10.8 Å². The molecule has 0 unspecified atom stereocenters. The van der Waals surface area contributed by atoms with E-state index in [9.17, 15) is 0 Å². The van der Waals surface area contributed by atoms with Crippen molar-refractivity contribution in [2.24, 2.45) is 4.99 Å². The second-order valence-electron chi connectivity index (χ2n) is 6.76. The Bertz CT molecular complexity index is 999. The van der Waals surface area contributed by atoms with E-state index in [0.717, 1.165) is 18.1 Å². The number of hydrogen-bond donors (Lipinski definition) is 2. The molecule has 0 bridgehead atoms. The van der Waals surface area contributed by atoms with Crippen LogP contribution in [-0.4, -0.2) is 33.8 Å². The molecule has 0 aromatic heterocycles. The summed E-state index contributed by atoms with van der Waals surface area (Å²) in [5, 5.41) is 9.17. The van der Waals surface area contributed by atoms with Crippen LogP contribution in [-0.2, 0) is 13.1 Å². The highest BCUT2D eigenvalue weighted by molar-refractivity contribution is 14.0. The van der Waals surface area contributed by atoms with Gasteiger partial charge in [0.15, 0.2) is 17.5 Å². The fraction of sp³-hybridized carbons (Fsp3) is 0.292. The number of benzene rings is 3. The van der Waals surface area contributed by atoms with Crippen molar-refractivity contribution in [1.82, 2.24) is 10.6 Å². The Kier molecular flexibility index (Phi) is 9.71. The molecule has 0 aliphatic heterocycles. The standard InChI is InChI=1S/C24H29N3O3.HI/c1-5-25-24(26-15-17-10-11-19-8-6-7-9-20(19)12-17)27-16-18-13-21(28-2)23(30-4)22(14-18)29-3;/h6-14H,5,15-16H2,1-4H3,(H2,25,26,27);1H. The summed E-state index contributed by atoms with van der Waals surface area (Å²) >= 11 is 0. The Morgan fingerprint density at radius 3 is 2.10 bits per heavy atom. The Balaban J connectivity index is 0.00000341. The maximum Gasteiger partial charge on any atom is 0.203 e. The lowest BCUT2D eigenvalue weighted by molar-refractivity contribution is 0.324. The number of rotatable bonds is 8. The largest absolute Gasteiger partial charge is 0.493 e.